The molecule has 0 N–H and O–H groups in total. The zero-order chi connectivity index (χ0) is 19.3. The Balaban J connectivity index is 2.20. The van der Waals surface area contributed by atoms with Crippen LogP contribution in [0.4, 0.5) is 5.69 Å². The summed E-state index contributed by atoms with van der Waals surface area (Å²) in [6.45, 7) is 1.42. The molecule has 0 spiro atoms. The number of hydroxylamine groups is 2. The Morgan fingerprint density at radius 1 is 1.04 bits per heavy atom. The second kappa shape index (κ2) is 8.17. The van der Waals surface area contributed by atoms with Gasteiger partial charge in [-0.1, -0.05) is 30.3 Å². The van der Waals surface area contributed by atoms with Gasteiger partial charge in [-0.05, 0) is 17.7 Å². The average molecular weight is 359 g/mol. The van der Waals surface area contributed by atoms with Crippen LogP contribution in [0.1, 0.15) is 28.9 Å². The summed E-state index contributed by atoms with van der Waals surface area (Å²) in [7, 11) is 1.43. The van der Waals surface area contributed by atoms with E-state index < -0.39 is 27.9 Å². The quantitative estimate of drug-likeness (QED) is 0.551. The molecule has 9 nitrogen and oxygen atoms in total. The van der Waals surface area contributed by atoms with Crippen LogP contribution in [0, 0.1) is 20.2 Å². The van der Waals surface area contributed by atoms with Gasteiger partial charge < -0.3 is 4.84 Å². The summed E-state index contributed by atoms with van der Waals surface area (Å²) < 4.78 is 0. The molecular formula is C17H17N3O6. The highest BCUT2D eigenvalue weighted by Crippen LogP contribution is 2.25. The summed E-state index contributed by atoms with van der Waals surface area (Å²) in [5, 5.41) is 23.0. The molecule has 0 radical (unpaired) electrons. The fourth-order valence-electron chi connectivity index (χ4n) is 2.52. The maximum atomic E-state index is 12.3. The number of benzene rings is 2. The minimum Gasteiger partial charge on any atom is -0.363 e. The van der Waals surface area contributed by atoms with Crippen molar-refractivity contribution in [2.45, 2.75) is 19.0 Å². The van der Waals surface area contributed by atoms with Gasteiger partial charge in [-0.15, -0.1) is 5.06 Å². The topological polar surface area (TPSA) is 116 Å². The van der Waals surface area contributed by atoms with Crippen LogP contribution in [0.25, 0.3) is 0 Å². The average Bonchev–Trinajstić information content (AvgIpc) is 2.62. The Morgan fingerprint density at radius 2 is 1.62 bits per heavy atom. The fraction of sp³-hybridized carbons (Fsp3) is 0.235. The Morgan fingerprint density at radius 3 is 2.12 bits per heavy atom. The van der Waals surface area contributed by atoms with E-state index in [-0.39, 0.29) is 11.3 Å². The lowest BCUT2D eigenvalue weighted by molar-refractivity contribution is -0.531. The zero-order valence-electron chi connectivity index (χ0n) is 14.1. The van der Waals surface area contributed by atoms with Gasteiger partial charge in [0.1, 0.15) is 6.04 Å². The molecule has 0 heterocycles. The second-order valence-corrected chi connectivity index (χ2v) is 5.61. The molecule has 2 aromatic rings. The SMILES string of the molecule is C[C@@H]([C@H](c1ccccc1)N(C)OC(=O)c1ccc([N+](=O)[O-])cc1)[N+](=O)[O-]. The molecule has 0 aliphatic carbocycles. The van der Waals surface area contributed by atoms with Crippen molar-refractivity contribution < 1.29 is 19.5 Å². The number of nitro benzene ring substituents is 1. The summed E-state index contributed by atoms with van der Waals surface area (Å²) in [5.74, 6) is -0.765. The number of non-ortho nitro benzene ring substituents is 1. The summed E-state index contributed by atoms with van der Waals surface area (Å²) >= 11 is 0. The smallest absolute Gasteiger partial charge is 0.357 e. The van der Waals surface area contributed by atoms with Crippen molar-refractivity contribution in [2.24, 2.45) is 0 Å². The largest absolute Gasteiger partial charge is 0.363 e. The highest BCUT2D eigenvalue weighted by Gasteiger charge is 2.34. The minimum absolute atomic E-state index is 0.100. The Labute approximate surface area is 149 Å². The monoisotopic (exact) mass is 359 g/mol. The highest BCUT2D eigenvalue weighted by atomic mass is 16.7. The third kappa shape index (κ3) is 4.39. The molecular weight excluding hydrogens is 342 g/mol. The van der Waals surface area contributed by atoms with Crippen molar-refractivity contribution in [3.63, 3.8) is 0 Å². The number of nitro groups is 2. The normalized spacial score (nSPS) is 13.0. The molecule has 0 bridgehead atoms. The molecule has 0 saturated heterocycles. The lowest BCUT2D eigenvalue weighted by Crippen LogP contribution is -2.38. The van der Waals surface area contributed by atoms with Crippen LogP contribution in [0.3, 0.4) is 0 Å². The minimum atomic E-state index is -1.04. The fourth-order valence-corrected chi connectivity index (χ4v) is 2.52. The van der Waals surface area contributed by atoms with Crippen molar-refractivity contribution in [2.75, 3.05) is 7.05 Å². The third-order valence-corrected chi connectivity index (χ3v) is 3.86. The lowest BCUT2D eigenvalue weighted by atomic mass is 10.0. The van der Waals surface area contributed by atoms with Gasteiger partial charge in [0.15, 0.2) is 0 Å². The van der Waals surface area contributed by atoms with E-state index in [1.54, 1.807) is 30.3 Å². The first-order valence-electron chi connectivity index (χ1n) is 7.69. The molecule has 0 unspecified atom stereocenters. The molecule has 0 aliphatic rings. The Hall–Kier alpha value is -3.33. The van der Waals surface area contributed by atoms with Crippen molar-refractivity contribution in [1.29, 1.82) is 0 Å². The van der Waals surface area contributed by atoms with Crippen LogP contribution in [-0.2, 0) is 4.84 Å². The number of carbonyl (C=O) groups excluding carboxylic acids is 1. The number of nitrogens with zero attached hydrogens (tertiary/aromatic N) is 3. The summed E-state index contributed by atoms with van der Waals surface area (Å²) in [4.78, 5) is 38.4. The van der Waals surface area contributed by atoms with Crippen LogP contribution in [-0.4, -0.2) is 34.0 Å². The van der Waals surface area contributed by atoms with Crippen LogP contribution in [0.2, 0.25) is 0 Å². The van der Waals surface area contributed by atoms with E-state index in [2.05, 4.69) is 0 Å². The molecule has 2 aromatic carbocycles. The first-order chi connectivity index (χ1) is 12.3. The van der Waals surface area contributed by atoms with E-state index in [1.165, 1.54) is 38.2 Å². The molecule has 136 valence electrons. The lowest BCUT2D eigenvalue weighted by Gasteiger charge is -2.27. The zero-order valence-corrected chi connectivity index (χ0v) is 14.1. The maximum absolute atomic E-state index is 12.3. The van der Waals surface area contributed by atoms with Gasteiger partial charge in [0.25, 0.3) is 5.69 Å². The van der Waals surface area contributed by atoms with E-state index in [0.29, 0.717) is 5.56 Å². The molecule has 26 heavy (non-hydrogen) atoms. The number of hydrogen-bond acceptors (Lipinski definition) is 7. The second-order valence-electron chi connectivity index (χ2n) is 5.61. The molecule has 0 saturated carbocycles. The van der Waals surface area contributed by atoms with Crippen LogP contribution >= 0.6 is 0 Å². The van der Waals surface area contributed by atoms with Crippen LogP contribution < -0.4 is 0 Å². The van der Waals surface area contributed by atoms with Crippen molar-refractivity contribution in [3.8, 4) is 0 Å². The molecule has 2 rings (SSSR count). The van der Waals surface area contributed by atoms with Gasteiger partial charge in [-0.3, -0.25) is 20.2 Å². The predicted molar refractivity (Wildman–Crippen MR) is 91.9 cm³/mol. The van der Waals surface area contributed by atoms with E-state index in [4.69, 9.17) is 4.84 Å². The number of hydrogen-bond donors (Lipinski definition) is 0. The van der Waals surface area contributed by atoms with E-state index in [9.17, 15) is 25.0 Å². The predicted octanol–water partition coefficient (Wildman–Crippen LogP) is 3.00. The Kier molecular flexibility index (Phi) is 5.97. The molecule has 9 heteroatoms. The number of likely N-dealkylation sites (N-methyl/N-ethyl adjacent to an activating group) is 1. The standard InChI is InChI=1S/C17H17N3O6/c1-12(19(22)23)16(13-6-4-3-5-7-13)18(2)26-17(21)14-8-10-15(11-9-14)20(24)25/h3-12,16H,1-2H3/t12-,16+/m0/s1. The third-order valence-electron chi connectivity index (χ3n) is 3.86. The van der Waals surface area contributed by atoms with Crippen molar-refractivity contribution in [3.05, 3.63) is 86.0 Å². The van der Waals surface area contributed by atoms with Crippen molar-refractivity contribution in [1.82, 2.24) is 5.06 Å². The van der Waals surface area contributed by atoms with Gasteiger partial charge in [-0.25, -0.2) is 4.79 Å². The number of rotatable bonds is 7. The van der Waals surface area contributed by atoms with Crippen LogP contribution in [0.15, 0.2) is 54.6 Å². The van der Waals surface area contributed by atoms with Gasteiger partial charge in [0.05, 0.1) is 10.5 Å². The molecule has 2 atom stereocenters. The van der Waals surface area contributed by atoms with Gasteiger partial charge >= 0.3 is 5.97 Å². The van der Waals surface area contributed by atoms with E-state index in [0.717, 1.165) is 5.06 Å². The van der Waals surface area contributed by atoms with Crippen molar-refractivity contribution >= 4 is 11.7 Å². The first-order valence-corrected chi connectivity index (χ1v) is 7.69. The molecule has 0 amide bonds. The van der Waals surface area contributed by atoms with E-state index >= 15 is 0 Å². The van der Waals surface area contributed by atoms with Crippen LogP contribution in [0.5, 0.6) is 0 Å². The van der Waals surface area contributed by atoms with E-state index in [1.807, 2.05) is 0 Å². The van der Waals surface area contributed by atoms with Gasteiger partial charge in [0, 0.05) is 31.0 Å². The number of carbonyl (C=O) groups is 1. The molecule has 0 fully saturated rings. The Bertz CT molecular complexity index is 794. The molecule has 0 aliphatic heterocycles. The molecule has 0 aromatic heterocycles. The summed E-state index contributed by atoms with van der Waals surface area (Å²) in [6.07, 6.45) is 0. The maximum Gasteiger partial charge on any atom is 0.357 e. The highest BCUT2D eigenvalue weighted by molar-refractivity contribution is 5.89. The summed E-state index contributed by atoms with van der Waals surface area (Å²) in [6, 6.07) is 11.7. The van der Waals surface area contributed by atoms with Gasteiger partial charge in [0.2, 0.25) is 6.04 Å². The summed E-state index contributed by atoms with van der Waals surface area (Å²) in [5.41, 5.74) is 0.567. The van der Waals surface area contributed by atoms with Gasteiger partial charge in [-0.2, -0.15) is 0 Å². The first kappa shape index (κ1) is 19.0.